The van der Waals surface area contributed by atoms with Crippen molar-refractivity contribution in [3.05, 3.63) is 65.3 Å². The zero-order valence-corrected chi connectivity index (χ0v) is 13.6. The first-order valence-electron chi connectivity index (χ1n) is 7.66. The Balaban J connectivity index is 1.90. The lowest BCUT2D eigenvalue weighted by molar-refractivity contribution is -0.121. The van der Waals surface area contributed by atoms with Crippen molar-refractivity contribution >= 4 is 5.91 Å². The Morgan fingerprint density at radius 2 is 2.13 bits per heavy atom. The molecule has 0 aliphatic rings. The van der Waals surface area contributed by atoms with Crippen molar-refractivity contribution < 1.29 is 9.18 Å². The fourth-order valence-corrected chi connectivity index (χ4v) is 2.56. The number of carbonyl (C=O) groups excluding carboxylic acids is 1. The Morgan fingerprint density at radius 1 is 1.39 bits per heavy atom. The van der Waals surface area contributed by atoms with Gasteiger partial charge in [0.1, 0.15) is 5.82 Å². The SMILES string of the molecule is C=CCn1nc(C)c(CCC(=O)NCc2ccccc2F)c1C. The van der Waals surface area contributed by atoms with Crippen molar-refractivity contribution in [1.29, 1.82) is 0 Å². The summed E-state index contributed by atoms with van der Waals surface area (Å²) in [5.74, 6) is -0.395. The predicted molar refractivity (Wildman–Crippen MR) is 88.5 cm³/mol. The number of hydrogen-bond acceptors (Lipinski definition) is 2. The van der Waals surface area contributed by atoms with Crippen molar-refractivity contribution in [2.24, 2.45) is 0 Å². The highest BCUT2D eigenvalue weighted by atomic mass is 19.1. The summed E-state index contributed by atoms with van der Waals surface area (Å²) in [5.41, 5.74) is 3.58. The molecule has 0 saturated carbocycles. The van der Waals surface area contributed by atoms with E-state index in [1.807, 2.05) is 18.5 Å². The van der Waals surface area contributed by atoms with Crippen LogP contribution in [0.2, 0.25) is 0 Å². The molecule has 0 saturated heterocycles. The fraction of sp³-hybridized carbons (Fsp3) is 0.333. The summed E-state index contributed by atoms with van der Waals surface area (Å²) in [6.45, 7) is 8.52. The minimum absolute atomic E-state index is 0.0940. The van der Waals surface area contributed by atoms with Gasteiger partial charge in [0.05, 0.1) is 12.2 Å². The minimum Gasteiger partial charge on any atom is -0.352 e. The molecule has 2 aromatic rings. The largest absolute Gasteiger partial charge is 0.352 e. The predicted octanol–water partition coefficient (Wildman–Crippen LogP) is 3.07. The number of rotatable bonds is 7. The number of benzene rings is 1. The van der Waals surface area contributed by atoms with Crippen LogP contribution >= 0.6 is 0 Å². The number of aryl methyl sites for hydroxylation is 1. The Bertz CT molecular complexity index is 706. The molecule has 1 heterocycles. The van der Waals surface area contributed by atoms with Gasteiger partial charge in [-0.25, -0.2) is 4.39 Å². The molecule has 0 bridgehead atoms. The summed E-state index contributed by atoms with van der Waals surface area (Å²) in [6, 6.07) is 6.45. The Morgan fingerprint density at radius 3 is 2.83 bits per heavy atom. The smallest absolute Gasteiger partial charge is 0.220 e. The average Bonchev–Trinajstić information content (AvgIpc) is 2.79. The van der Waals surface area contributed by atoms with Gasteiger partial charge in [-0.3, -0.25) is 9.48 Å². The van der Waals surface area contributed by atoms with Crippen molar-refractivity contribution in [2.45, 2.75) is 39.8 Å². The summed E-state index contributed by atoms with van der Waals surface area (Å²) in [5, 5.41) is 7.21. The van der Waals surface area contributed by atoms with Crippen LogP contribution in [0, 0.1) is 19.7 Å². The van der Waals surface area contributed by atoms with Gasteiger partial charge in [-0.05, 0) is 31.9 Å². The van der Waals surface area contributed by atoms with Gasteiger partial charge in [0.2, 0.25) is 5.91 Å². The molecule has 2 rings (SSSR count). The van der Waals surface area contributed by atoms with E-state index in [1.165, 1.54) is 6.07 Å². The van der Waals surface area contributed by atoms with Gasteiger partial charge in [-0.15, -0.1) is 6.58 Å². The van der Waals surface area contributed by atoms with Crippen molar-refractivity contribution in [3.8, 4) is 0 Å². The van der Waals surface area contributed by atoms with Gasteiger partial charge in [0, 0.05) is 24.2 Å². The summed E-state index contributed by atoms with van der Waals surface area (Å²) in [6.07, 6.45) is 2.78. The highest BCUT2D eigenvalue weighted by molar-refractivity contribution is 5.76. The third-order valence-corrected chi connectivity index (χ3v) is 3.87. The zero-order valence-electron chi connectivity index (χ0n) is 13.6. The van der Waals surface area contributed by atoms with Gasteiger partial charge in [-0.1, -0.05) is 24.3 Å². The first kappa shape index (κ1) is 16.9. The van der Waals surface area contributed by atoms with Crippen LogP contribution in [0.5, 0.6) is 0 Å². The molecule has 5 heteroatoms. The van der Waals surface area contributed by atoms with Crippen LogP contribution in [0.1, 0.15) is 28.9 Å². The van der Waals surface area contributed by atoms with E-state index in [-0.39, 0.29) is 18.3 Å². The molecule has 0 atom stereocenters. The number of halogens is 1. The summed E-state index contributed by atoms with van der Waals surface area (Å²) in [4.78, 5) is 12.0. The number of hydrogen-bond donors (Lipinski definition) is 1. The average molecular weight is 315 g/mol. The molecular weight excluding hydrogens is 293 g/mol. The highest BCUT2D eigenvalue weighted by Gasteiger charge is 2.12. The molecule has 0 fully saturated rings. The Kier molecular flexibility index (Phi) is 5.68. The normalized spacial score (nSPS) is 10.6. The Hall–Kier alpha value is -2.43. The number of allylic oxidation sites excluding steroid dienone is 1. The van der Waals surface area contributed by atoms with Crippen molar-refractivity contribution in [2.75, 3.05) is 0 Å². The fourth-order valence-electron chi connectivity index (χ4n) is 2.56. The molecule has 0 aliphatic heterocycles. The summed E-state index contributed by atoms with van der Waals surface area (Å²) in [7, 11) is 0. The lowest BCUT2D eigenvalue weighted by Gasteiger charge is -2.07. The van der Waals surface area contributed by atoms with Crippen LogP contribution in [-0.4, -0.2) is 15.7 Å². The molecule has 0 unspecified atom stereocenters. The minimum atomic E-state index is -0.301. The van der Waals surface area contributed by atoms with Crippen LogP contribution in [-0.2, 0) is 24.3 Å². The van der Waals surface area contributed by atoms with Gasteiger partial charge in [-0.2, -0.15) is 5.10 Å². The van der Waals surface area contributed by atoms with E-state index in [2.05, 4.69) is 17.0 Å². The molecule has 1 aromatic carbocycles. The van der Waals surface area contributed by atoms with Crippen molar-refractivity contribution in [3.63, 3.8) is 0 Å². The van der Waals surface area contributed by atoms with E-state index in [4.69, 9.17) is 0 Å². The quantitative estimate of drug-likeness (QED) is 0.798. The maximum Gasteiger partial charge on any atom is 0.220 e. The van der Waals surface area contributed by atoms with E-state index in [9.17, 15) is 9.18 Å². The second-order valence-electron chi connectivity index (χ2n) is 5.49. The third kappa shape index (κ3) is 4.28. The van der Waals surface area contributed by atoms with E-state index in [1.54, 1.807) is 24.3 Å². The standard InChI is InChI=1S/C18H22FN3O/c1-4-11-22-14(3)16(13(2)21-22)9-10-18(23)20-12-15-7-5-6-8-17(15)19/h4-8H,1,9-12H2,2-3H3,(H,20,23). The second-order valence-corrected chi connectivity index (χ2v) is 5.49. The van der Waals surface area contributed by atoms with Gasteiger partial charge >= 0.3 is 0 Å². The molecule has 1 N–H and O–H groups in total. The number of aromatic nitrogens is 2. The van der Waals surface area contributed by atoms with E-state index < -0.39 is 0 Å². The van der Waals surface area contributed by atoms with Crippen LogP contribution in [0.4, 0.5) is 4.39 Å². The molecule has 1 aromatic heterocycles. The number of nitrogens with zero attached hydrogens (tertiary/aromatic N) is 2. The molecule has 0 spiro atoms. The van der Waals surface area contributed by atoms with E-state index in [0.29, 0.717) is 24.9 Å². The van der Waals surface area contributed by atoms with Gasteiger partial charge in [0.15, 0.2) is 0 Å². The van der Waals surface area contributed by atoms with Gasteiger partial charge < -0.3 is 5.32 Å². The molecule has 0 radical (unpaired) electrons. The topological polar surface area (TPSA) is 46.9 Å². The summed E-state index contributed by atoms with van der Waals surface area (Å²) >= 11 is 0. The van der Waals surface area contributed by atoms with Crippen LogP contribution in [0.25, 0.3) is 0 Å². The number of carbonyl (C=O) groups is 1. The van der Waals surface area contributed by atoms with Crippen LogP contribution < -0.4 is 5.32 Å². The zero-order chi connectivity index (χ0) is 16.8. The maximum atomic E-state index is 13.5. The lowest BCUT2D eigenvalue weighted by Crippen LogP contribution is -2.23. The number of nitrogens with one attached hydrogen (secondary N) is 1. The molecule has 1 amide bonds. The molecule has 122 valence electrons. The van der Waals surface area contributed by atoms with E-state index in [0.717, 1.165) is 17.0 Å². The lowest BCUT2D eigenvalue weighted by atomic mass is 10.1. The van der Waals surface area contributed by atoms with Crippen LogP contribution in [0.3, 0.4) is 0 Å². The Labute approximate surface area is 136 Å². The summed E-state index contributed by atoms with van der Waals surface area (Å²) < 4.78 is 15.4. The van der Waals surface area contributed by atoms with Crippen molar-refractivity contribution in [1.82, 2.24) is 15.1 Å². The first-order chi connectivity index (χ1) is 11.0. The number of amides is 1. The molecule has 23 heavy (non-hydrogen) atoms. The molecule has 4 nitrogen and oxygen atoms in total. The monoisotopic (exact) mass is 315 g/mol. The highest BCUT2D eigenvalue weighted by Crippen LogP contribution is 2.15. The van der Waals surface area contributed by atoms with Crippen LogP contribution in [0.15, 0.2) is 36.9 Å². The van der Waals surface area contributed by atoms with E-state index >= 15 is 0 Å². The third-order valence-electron chi connectivity index (χ3n) is 3.87. The van der Waals surface area contributed by atoms with Gasteiger partial charge in [0.25, 0.3) is 0 Å². The molecule has 0 aliphatic carbocycles. The maximum absolute atomic E-state index is 13.5. The second kappa shape index (κ2) is 7.72. The first-order valence-corrected chi connectivity index (χ1v) is 7.66. The molecular formula is C18H22FN3O.